The van der Waals surface area contributed by atoms with Gasteiger partial charge in [-0.15, -0.1) is 0 Å². The highest BCUT2D eigenvalue weighted by Crippen LogP contribution is 2.32. The van der Waals surface area contributed by atoms with Crippen LogP contribution in [-0.2, 0) is 14.6 Å². The third-order valence-corrected chi connectivity index (χ3v) is 7.75. The Morgan fingerprint density at radius 2 is 1.58 bits per heavy atom. The van der Waals surface area contributed by atoms with Crippen molar-refractivity contribution < 1.29 is 22.5 Å². The number of amides is 1. The maximum Gasteiger partial charge on any atom is 0.413 e. The van der Waals surface area contributed by atoms with Crippen molar-refractivity contribution in [1.29, 1.82) is 0 Å². The molecule has 4 rings (SSSR count). The molecule has 0 aliphatic carbocycles. The van der Waals surface area contributed by atoms with E-state index in [2.05, 4.69) is 15.5 Å². The summed E-state index contributed by atoms with van der Waals surface area (Å²) in [6.45, 7) is 10.6. The Hall–Kier alpha value is -4.05. The van der Waals surface area contributed by atoms with E-state index in [0.717, 1.165) is 11.1 Å². The first-order valence-electron chi connectivity index (χ1n) is 12.1. The number of sulfone groups is 1. The van der Waals surface area contributed by atoms with Crippen LogP contribution in [0.1, 0.15) is 40.2 Å². The van der Waals surface area contributed by atoms with Crippen LogP contribution in [0, 0.1) is 6.92 Å². The lowest BCUT2D eigenvalue weighted by atomic mass is 10.1. The predicted molar refractivity (Wildman–Crippen MR) is 145 cm³/mol. The normalized spacial score (nSPS) is 12.0. The Kier molecular flexibility index (Phi) is 7.37. The lowest BCUT2D eigenvalue weighted by molar-refractivity contribution is 0.0635. The van der Waals surface area contributed by atoms with E-state index in [9.17, 15) is 13.2 Å². The quantitative estimate of drug-likeness (QED) is 0.305. The second-order valence-corrected chi connectivity index (χ2v) is 12.6. The number of rotatable bonds is 6. The van der Waals surface area contributed by atoms with Gasteiger partial charge in [-0.2, -0.15) is 0 Å². The Morgan fingerprint density at radius 1 is 0.974 bits per heavy atom. The van der Waals surface area contributed by atoms with Gasteiger partial charge in [0.25, 0.3) is 0 Å². The molecule has 0 aliphatic rings. The van der Waals surface area contributed by atoms with Crippen molar-refractivity contribution in [2.24, 2.45) is 0 Å². The molecule has 0 atom stereocenters. The molecule has 2 aromatic heterocycles. The second-order valence-electron chi connectivity index (χ2n) is 10.1. The minimum atomic E-state index is -3.41. The van der Waals surface area contributed by atoms with E-state index >= 15 is 0 Å². The molecule has 2 heterocycles. The summed E-state index contributed by atoms with van der Waals surface area (Å²) in [6, 6.07) is 16.0. The second kappa shape index (κ2) is 10.4. The molecular formula is C28H30N4O5S. The van der Waals surface area contributed by atoms with Crippen LogP contribution in [0.5, 0.6) is 0 Å². The van der Waals surface area contributed by atoms with E-state index in [1.165, 1.54) is 6.20 Å². The Labute approximate surface area is 222 Å². The largest absolute Gasteiger partial charge is 0.444 e. The molecule has 0 aliphatic heterocycles. The number of hydrogen-bond donors (Lipinski definition) is 1. The van der Waals surface area contributed by atoms with Crippen molar-refractivity contribution in [2.45, 2.75) is 57.3 Å². The van der Waals surface area contributed by atoms with Gasteiger partial charge >= 0.3 is 6.09 Å². The van der Waals surface area contributed by atoms with Crippen molar-refractivity contribution in [3.63, 3.8) is 0 Å². The third kappa shape index (κ3) is 6.08. The fourth-order valence-corrected chi connectivity index (χ4v) is 4.59. The molecule has 198 valence electrons. The van der Waals surface area contributed by atoms with Gasteiger partial charge < -0.3 is 9.26 Å². The summed E-state index contributed by atoms with van der Waals surface area (Å²) in [5.74, 6) is 0.425. The molecular weight excluding hydrogens is 504 g/mol. The molecule has 0 bridgehead atoms. The van der Waals surface area contributed by atoms with E-state index in [1.807, 2.05) is 31.2 Å². The van der Waals surface area contributed by atoms with Crippen molar-refractivity contribution in [3.8, 4) is 34.0 Å². The standard InChI is InChI=1S/C28H30N4O5S/c1-17(2)38(34,35)21-13-11-20(12-14-21)23-16-29-26(31-27(33)36-28(4,5)6)25(30-23)24-15-22(32-37-24)19-9-7-18(3)8-10-19/h7-17H,1-6H3,(H,29,31,33). The first-order chi connectivity index (χ1) is 17.8. The topological polar surface area (TPSA) is 124 Å². The number of anilines is 1. The molecule has 0 unspecified atom stereocenters. The molecule has 9 nitrogen and oxygen atoms in total. The van der Waals surface area contributed by atoms with Crippen molar-refractivity contribution in [1.82, 2.24) is 15.1 Å². The predicted octanol–water partition coefficient (Wildman–Crippen LogP) is 6.30. The van der Waals surface area contributed by atoms with E-state index in [0.29, 0.717) is 22.7 Å². The number of ether oxygens (including phenoxy) is 1. The Morgan fingerprint density at radius 3 is 2.18 bits per heavy atom. The fourth-order valence-electron chi connectivity index (χ4n) is 3.53. The molecule has 4 aromatic rings. The van der Waals surface area contributed by atoms with Crippen LogP contribution in [0.3, 0.4) is 0 Å². The van der Waals surface area contributed by atoms with Crippen LogP contribution in [0.2, 0.25) is 0 Å². The molecule has 1 N–H and O–H groups in total. The van der Waals surface area contributed by atoms with Gasteiger partial charge in [-0.3, -0.25) is 5.32 Å². The summed E-state index contributed by atoms with van der Waals surface area (Å²) in [4.78, 5) is 21.8. The average molecular weight is 535 g/mol. The summed E-state index contributed by atoms with van der Waals surface area (Å²) in [5.41, 5.74) is 3.21. The van der Waals surface area contributed by atoms with Gasteiger partial charge in [0.1, 0.15) is 11.3 Å². The zero-order valence-corrected chi connectivity index (χ0v) is 23.0. The van der Waals surface area contributed by atoms with Crippen molar-refractivity contribution in [3.05, 3.63) is 66.4 Å². The monoisotopic (exact) mass is 534 g/mol. The van der Waals surface area contributed by atoms with Gasteiger partial charge in [-0.25, -0.2) is 23.2 Å². The number of carbonyl (C=O) groups excluding carboxylic acids is 1. The van der Waals surface area contributed by atoms with Crippen molar-refractivity contribution >= 4 is 21.7 Å². The molecule has 0 saturated carbocycles. The SMILES string of the molecule is Cc1ccc(-c2cc(-c3nc(-c4ccc(S(=O)(=O)C(C)C)cc4)cnc3NC(=O)OC(C)(C)C)on2)cc1. The van der Waals surface area contributed by atoms with Gasteiger partial charge in [-0.05, 0) is 53.7 Å². The number of hydrogen-bond acceptors (Lipinski definition) is 8. The average Bonchev–Trinajstić information content (AvgIpc) is 3.33. The lowest BCUT2D eigenvalue weighted by Gasteiger charge is -2.19. The Balaban J connectivity index is 1.74. The number of nitrogens with one attached hydrogen (secondary N) is 1. The fraction of sp³-hybridized carbons (Fsp3) is 0.286. The van der Waals surface area contributed by atoms with Gasteiger partial charge in [0, 0.05) is 17.2 Å². The van der Waals surface area contributed by atoms with Crippen LogP contribution < -0.4 is 5.32 Å². The van der Waals surface area contributed by atoms with E-state index in [1.54, 1.807) is 65.0 Å². The molecule has 2 aromatic carbocycles. The minimum absolute atomic E-state index is 0.133. The number of nitrogens with zero attached hydrogens (tertiary/aromatic N) is 3. The molecule has 0 fully saturated rings. The van der Waals surface area contributed by atoms with E-state index < -0.39 is 26.8 Å². The van der Waals surface area contributed by atoms with Crippen molar-refractivity contribution in [2.75, 3.05) is 5.32 Å². The first-order valence-corrected chi connectivity index (χ1v) is 13.6. The van der Waals surface area contributed by atoms with Crippen LogP contribution in [0.25, 0.3) is 34.0 Å². The molecule has 38 heavy (non-hydrogen) atoms. The summed E-state index contributed by atoms with van der Waals surface area (Å²) in [7, 11) is -3.41. The molecule has 0 spiro atoms. The first kappa shape index (κ1) is 27.0. The van der Waals surface area contributed by atoms with Crippen LogP contribution in [0.15, 0.2) is 70.2 Å². The number of aromatic nitrogens is 3. The van der Waals surface area contributed by atoms with Crippen LogP contribution in [0.4, 0.5) is 10.6 Å². The minimum Gasteiger partial charge on any atom is -0.444 e. The lowest BCUT2D eigenvalue weighted by Crippen LogP contribution is -2.27. The van der Waals surface area contributed by atoms with E-state index in [4.69, 9.17) is 14.2 Å². The van der Waals surface area contributed by atoms with E-state index in [-0.39, 0.29) is 16.4 Å². The molecule has 10 heteroatoms. The Bertz CT molecular complexity index is 1550. The summed E-state index contributed by atoms with van der Waals surface area (Å²) in [6.07, 6.45) is 0.793. The molecule has 0 radical (unpaired) electrons. The zero-order valence-electron chi connectivity index (χ0n) is 22.1. The number of benzene rings is 2. The maximum atomic E-state index is 12.5. The van der Waals surface area contributed by atoms with Crippen LogP contribution >= 0.6 is 0 Å². The summed E-state index contributed by atoms with van der Waals surface area (Å²) in [5, 5.41) is 6.28. The van der Waals surface area contributed by atoms with Gasteiger partial charge in [0.15, 0.2) is 27.1 Å². The summed E-state index contributed by atoms with van der Waals surface area (Å²) >= 11 is 0. The number of carbonyl (C=O) groups is 1. The number of aryl methyl sites for hydroxylation is 1. The highest BCUT2D eigenvalue weighted by atomic mass is 32.2. The molecule has 0 saturated heterocycles. The maximum absolute atomic E-state index is 12.5. The zero-order chi connectivity index (χ0) is 27.7. The highest BCUT2D eigenvalue weighted by molar-refractivity contribution is 7.92. The van der Waals surface area contributed by atoms with Crippen LogP contribution in [-0.4, -0.2) is 40.5 Å². The smallest absolute Gasteiger partial charge is 0.413 e. The summed E-state index contributed by atoms with van der Waals surface area (Å²) < 4.78 is 36.0. The molecule has 1 amide bonds. The third-order valence-electron chi connectivity index (χ3n) is 5.58. The van der Waals surface area contributed by atoms with Gasteiger partial charge in [0.2, 0.25) is 0 Å². The van der Waals surface area contributed by atoms with Gasteiger partial charge in [0.05, 0.1) is 22.0 Å². The van der Waals surface area contributed by atoms with Gasteiger partial charge in [-0.1, -0.05) is 47.1 Å². The highest BCUT2D eigenvalue weighted by Gasteiger charge is 2.23.